The number of para-hydroxylation sites is 2. The molecule has 1 heterocycles. The Kier molecular flexibility index (Phi) is 6.56. The smallest absolute Gasteiger partial charge is 0.253 e. The molecule has 0 bridgehead atoms. The minimum absolute atomic E-state index is 0.115. The maximum Gasteiger partial charge on any atom is 0.253 e. The second-order valence-corrected chi connectivity index (χ2v) is 8.54. The fourth-order valence-corrected chi connectivity index (χ4v) is 4.48. The molecule has 27 heavy (non-hydrogen) atoms. The van der Waals surface area contributed by atoms with E-state index in [9.17, 15) is 9.90 Å². The van der Waals surface area contributed by atoms with Gasteiger partial charge in [0.05, 0.1) is 31.4 Å². The van der Waals surface area contributed by atoms with Gasteiger partial charge in [0.25, 0.3) is 5.91 Å². The normalized spacial score (nSPS) is 12.6. The third-order valence-electron chi connectivity index (χ3n) is 3.71. The van der Waals surface area contributed by atoms with Crippen molar-refractivity contribution >= 4 is 66.8 Å². The summed E-state index contributed by atoms with van der Waals surface area (Å²) < 4.78 is 1.08. The number of amides is 1. The number of nitrogens with zero attached hydrogens (tertiary/aromatic N) is 2. The third-order valence-corrected chi connectivity index (χ3v) is 6.17. The average Bonchev–Trinajstić information content (AvgIpc) is 3.06. The molecule has 0 unspecified atom stereocenters. The van der Waals surface area contributed by atoms with E-state index in [4.69, 9.17) is 0 Å². The molecule has 0 aliphatic rings. The maximum atomic E-state index is 12.4. The van der Waals surface area contributed by atoms with Gasteiger partial charge in [0, 0.05) is 0 Å². The number of benzene rings is 2. The van der Waals surface area contributed by atoms with Crippen LogP contribution in [0.4, 0.5) is 0 Å². The van der Waals surface area contributed by atoms with Crippen LogP contribution in [0.5, 0.6) is 5.75 Å². The molecule has 3 rings (SSSR count). The van der Waals surface area contributed by atoms with Gasteiger partial charge in [-0.15, -0.1) is 0 Å². The van der Waals surface area contributed by atoms with Crippen molar-refractivity contribution in [3.8, 4) is 5.75 Å². The van der Waals surface area contributed by atoms with Gasteiger partial charge < -0.3 is 10.1 Å². The number of phenols is 1. The number of hydrazone groups is 1. The van der Waals surface area contributed by atoms with Crippen LogP contribution in [0.3, 0.4) is 0 Å². The van der Waals surface area contributed by atoms with Gasteiger partial charge in [-0.25, -0.2) is 10.4 Å². The van der Waals surface area contributed by atoms with Crippen molar-refractivity contribution in [2.75, 3.05) is 0 Å². The van der Waals surface area contributed by atoms with Gasteiger partial charge in [0.1, 0.15) is 5.75 Å². The number of thioether (sulfide) groups is 1. The lowest BCUT2D eigenvalue weighted by Gasteiger charge is -2.10. The molecule has 6 nitrogen and oxygen atoms in total. The molecule has 140 valence electrons. The number of carbonyl (C=O) groups excluding carboxylic acids is 1. The third kappa shape index (κ3) is 4.91. The summed E-state index contributed by atoms with van der Waals surface area (Å²) in [6, 6.07) is 11.2. The van der Waals surface area contributed by atoms with Crippen LogP contribution in [-0.2, 0) is 4.79 Å². The van der Waals surface area contributed by atoms with Crippen molar-refractivity contribution < 1.29 is 9.90 Å². The summed E-state index contributed by atoms with van der Waals surface area (Å²) in [4.78, 5) is 20.1. The molecule has 0 spiro atoms. The zero-order valence-corrected chi connectivity index (χ0v) is 18.2. The first-order valence-electron chi connectivity index (χ1n) is 8.10. The molecule has 0 fully saturated rings. The Morgan fingerprint density at radius 2 is 2.07 bits per heavy atom. The Morgan fingerprint density at radius 1 is 1.37 bits per heavy atom. The van der Waals surface area contributed by atoms with E-state index < -0.39 is 0 Å². The summed E-state index contributed by atoms with van der Waals surface area (Å²) in [6.45, 7) is 1.94. The number of rotatable bonds is 6. The topological polar surface area (TPSA) is 90.4 Å². The van der Waals surface area contributed by atoms with E-state index in [0.29, 0.717) is 20.5 Å². The number of aromatic amines is 1. The number of nitrogens with one attached hydrogen (secondary N) is 2. The molecule has 1 amide bonds. The SMILES string of the molecule is CC[C@@H](Sc1nc2ccccc2[nH]1)C(=O)N/N=C\c1cc(Br)c(O)c(Br)c1. The number of aromatic hydroxyl groups is 1. The van der Waals surface area contributed by atoms with E-state index in [2.05, 4.69) is 52.4 Å². The van der Waals surface area contributed by atoms with Crippen LogP contribution < -0.4 is 5.43 Å². The molecule has 0 saturated heterocycles. The van der Waals surface area contributed by atoms with Crippen molar-refractivity contribution in [3.63, 3.8) is 0 Å². The Hall–Kier alpha value is -1.84. The van der Waals surface area contributed by atoms with Gasteiger partial charge in [0.2, 0.25) is 0 Å². The first-order valence-corrected chi connectivity index (χ1v) is 10.6. The van der Waals surface area contributed by atoms with Crippen molar-refractivity contribution in [2.45, 2.75) is 23.8 Å². The Balaban J connectivity index is 1.64. The second kappa shape index (κ2) is 8.90. The van der Waals surface area contributed by atoms with Gasteiger partial charge in [-0.2, -0.15) is 5.10 Å². The molecule has 0 aliphatic heterocycles. The van der Waals surface area contributed by atoms with Gasteiger partial charge in [-0.1, -0.05) is 30.8 Å². The zero-order valence-electron chi connectivity index (χ0n) is 14.2. The molecular weight excluding hydrogens is 496 g/mol. The predicted octanol–water partition coefficient (Wildman–Crippen LogP) is 4.81. The quantitative estimate of drug-likeness (QED) is 0.251. The number of H-pyrrole nitrogens is 1. The van der Waals surface area contributed by atoms with Crippen LogP contribution in [-0.4, -0.2) is 32.4 Å². The largest absolute Gasteiger partial charge is 0.506 e. The summed E-state index contributed by atoms with van der Waals surface area (Å²) in [7, 11) is 0. The van der Waals surface area contributed by atoms with Crippen LogP contribution in [0.15, 0.2) is 55.6 Å². The molecule has 0 radical (unpaired) electrons. The highest BCUT2D eigenvalue weighted by molar-refractivity contribution is 9.11. The Labute approximate surface area is 177 Å². The second-order valence-electron chi connectivity index (χ2n) is 5.64. The highest BCUT2D eigenvalue weighted by atomic mass is 79.9. The lowest BCUT2D eigenvalue weighted by molar-refractivity contribution is -0.120. The first kappa shape index (κ1) is 19.9. The minimum Gasteiger partial charge on any atom is -0.506 e. The molecule has 0 saturated carbocycles. The molecule has 3 aromatic rings. The van der Waals surface area contributed by atoms with Gasteiger partial charge in [0.15, 0.2) is 5.16 Å². The summed E-state index contributed by atoms with van der Waals surface area (Å²) in [5.41, 5.74) is 5.10. The summed E-state index contributed by atoms with van der Waals surface area (Å²) in [6.07, 6.45) is 2.16. The van der Waals surface area contributed by atoms with Crippen molar-refractivity contribution in [2.24, 2.45) is 5.10 Å². The standard InChI is InChI=1S/C18H16Br2N4O2S/c1-2-15(27-18-22-13-5-3-4-6-14(13)23-18)17(26)24-21-9-10-7-11(19)16(25)12(20)8-10/h3-9,15,25H,2H2,1H3,(H,22,23)(H,24,26)/b21-9-/t15-/m1/s1. The zero-order chi connectivity index (χ0) is 19.4. The molecule has 3 N–H and O–H groups in total. The van der Waals surface area contributed by atoms with Crippen LogP contribution >= 0.6 is 43.6 Å². The summed E-state index contributed by atoms with van der Waals surface area (Å²) in [5.74, 6) is -0.0828. The highest BCUT2D eigenvalue weighted by Gasteiger charge is 2.19. The van der Waals surface area contributed by atoms with Gasteiger partial charge in [-0.05, 0) is 68.1 Å². The fraction of sp³-hybridized carbons (Fsp3) is 0.167. The van der Waals surface area contributed by atoms with Crippen LogP contribution in [0.1, 0.15) is 18.9 Å². The molecule has 0 aliphatic carbocycles. The van der Waals surface area contributed by atoms with E-state index in [-0.39, 0.29) is 16.9 Å². The Morgan fingerprint density at radius 3 is 2.74 bits per heavy atom. The summed E-state index contributed by atoms with van der Waals surface area (Å²) >= 11 is 7.90. The predicted molar refractivity (Wildman–Crippen MR) is 115 cm³/mol. The summed E-state index contributed by atoms with van der Waals surface area (Å²) in [5, 5.41) is 14.1. The van der Waals surface area contributed by atoms with E-state index in [1.807, 2.05) is 31.2 Å². The number of hydrogen-bond donors (Lipinski definition) is 3. The maximum absolute atomic E-state index is 12.4. The van der Waals surface area contributed by atoms with E-state index in [0.717, 1.165) is 16.6 Å². The number of phenolic OH excluding ortho intramolecular Hbond substituents is 1. The van der Waals surface area contributed by atoms with Crippen LogP contribution in [0, 0.1) is 0 Å². The molecule has 1 aromatic heterocycles. The average molecular weight is 512 g/mol. The van der Waals surface area contributed by atoms with E-state index in [1.165, 1.54) is 18.0 Å². The molecule has 2 aromatic carbocycles. The number of halogens is 2. The highest BCUT2D eigenvalue weighted by Crippen LogP contribution is 2.32. The van der Waals surface area contributed by atoms with Crippen molar-refractivity contribution in [1.29, 1.82) is 0 Å². The molecule has 9 heteroatoms. The number of carbonyl (C=O) groups is 1. The fourth-order valence-electron chi connectivity index (χ4n) is 2.34. The molecule has 1 atom stereocenters. The number of fused-ring (bicyclic) bond motifs is 1. The van der Waals surface area contributed by atoms with E-state index >= 15 is 0 Å². The van der Waals surface area contributed by atoms with Crippen molar-refractivity contribution in [1.82, 2.24) is 15.4 Å². The number of imidazole rings is 1. The monoisotopic (exact) mass is 510 g/mol. The number of aromatic nitrogens is 2. The molecular formula is C18H16Br2N4O2S. The lowest BCUT2D eigenvalue weighted by atomic mass is 10.2. The van der Waals surface area contributed by atoms with Crippen molar-refractivity contribution in [3.05, 3.63) is 50.9 Å². The van der Waals surface area contributed by atoms with Gasteiger partial charge >= 0.3 is 0 Å². The van der Waals surface area contributed by atoms with Gasteiger partial charge in [-0.3, -0.25) is 4.79 Å². The van der Waals surface area contributed by atoms with Crippen LogP contribution in [0.25, 0.3) is 11.0 Å². The van der Waals surface area contributed by atoms with E-state index in [1.54, 1.807) is 12.1 Å². The lowest BCUT2D eigenvalue weighted by Crippen LogP contribution is -2.28. The number of hydrogen-bond acceptors (Lipinski definition) is 5. The van der Waals surface area contributed by atoms with Crippen LogP contribution in [0.2, 0.25) is 0 Å². The minimum atomic E-state index is -0.319. The first-order chi connectivity index (χ1) is 13.0. The Bertz CT molecular complexity index is 950.